The highest BCUT2D eigenvalue weighted by atomic mass is 16.6. The summed E-state index contributed by atoms with van der Waals surface area (Å²) in [5, 5.41) is 43.4. The number of nitrogens with zero attached hydrogens (tertiary/aromatic N) is 4. The largest absolute Gasteiger partial charge is 0.461 e. The molecule has 0 aliphatic carbocycles. The fourth-order valence-corrected chi connectivity index (χ4v) is 9.08. The van der Waals surface area contributed by atoms with Crippen LogP contribution in [0.2, 0.25) is 0 Å². The van der Waals surface area contributed by atoms with Crippen molar-refractivity contribution in [2.75, 3.05) is 39.6 Å². The van der Waals surface area contributed by atoms with Gasteiger partial charge in [0.15, 0.2) is 0 Å². The molecule has 0 amide bonds. The molecule has 0 aliphatic heterocycles. The van der Waals surface area contributed by atoms with Crippen LogP contribution in [0.5, 0.6) is 0 Å². The average Bonchev–Trinajstić information content (AvgIpc) is 3.52. The predicted molar refractivity (Wildman–Crippen MR) is 304 cm³/mol. The molecule has 8 rings (SSSR count). The van der Waals surface area contributed by atoms with Crippen LogP contribution in [0.15, 0.2) is 265 Å². The number of rotatable bonds is 22. The van der Waals surface area contributed by atoms with E-state index in [2.05, 4.69) is 24.3 Å². The summed E-state index contributed by atoms with van der Waals surface area (Å²) in [6.07, 6.45) is 0. The molecule has 0 spiro atoms. The lowest BCUT2D eigenvalue weighted by molar-refractivity contribution is -0.157. The second-order valence-electron chi connectivity index (χ2n) is 18.2. The van der Waals surface area contributed by atoms with Crippen molar-refractivity contribution in [2.24, 2.45) is 5.41 Å². The van der Waals surface area contributed by atoms with E-state index >= 15 is 0 Å². The summed E-state index contributed by atoms with van der Waals surface area (Å²) < 4.78 is 25.6. The molecule has 8 aromatic carbocycles. The third-order valence-electron chi connectivity index (χ3n) is 12.8. The Balaban J connectivity index is 1.25. The standard InChI is InChI=1S/C69H52N4O6/c70-41-59(63(51-25-9-1-10-26-51)52-27-11-2-12-28-52)45-76-47-69(48-77-46-60(42-71)64(53-29-13-3-14-30-53)54-31-15-4-16-32-54,49-78-67(74)61(43-72)65(55-33-17-5-18-34-55)56-35-19-6-20-36-56)50-79-68(75)62(44-73)66(57-37-21-7-22-38-57)58-39-23-8-24-40-58/h1-40H,45-50H2. The van der Waals surface area contributed by atoms with Gasteiger partial charge in [0.1, 0.15) is 36.5 Å². The van der Waals surface area contributed by atoms with E-state index in [9.17, 15) is 30.6 Å². The second-order valence-corrected chi connectivity index (χ2v) is 18.2. The highest BCUT2D eigenvalue weighted by Crippen LogP contribution is 2.33. The van der Waals surface area contributed by atoms with E-state index in [1.54, 1.807) is 97.1 Å². The first-order valence-corrected chi connectivity index (χ1v) is 25.3. The van der Waals surface area contributed by atoms with Crippen LogP contribution >= 0.6 is 0 Å². The molecule has 384 valence electrons. The van der Waals surface area contributed by atoms with Gasteiger partial charge in [-0.25, -0.2) is 9.59 Å². The third-order valence-corrected chi connectivity index (χ3v) is 12.8. The summed E-state index contributed by atoms with van der Waals surface area (Å²) in [6.45, 7) is -2.45. The summed E-state index contributed by atoms with van der Waals surface area (Å²) in [6, 6.07) is 82.6. The number of nitriles is 4. The molecule has 0 unspecified atom stereocenters. The van der Waals surface area contributed by atoms with Gasteiger partial charge in [0.05, 0.1) is 55.1 Å². The smallest absolute Gasteiger partial charge is 0.349 e. The van der Waals surface area contributed by atoms with Crippen LogP contribution in [-0.2, 0) is 28.5 Å². The van der Waals surface area contributed by atoms with Gasteiger partial charge in [-0.1, -0.05) is 243 Å². The molecule has 0 aliphatic rings. The number of hydrogen-bond acceptors (Lipinski definition) is 10. The van der Waals surface area contributed by atoms with Crippen molar-refractivity contribution < 1.29 is 28.5 Å². The Morgan fingerprint density at radius 1 is 0.304 bits per heavy atom. The normalized spacial score (nSPS) is 10.5. The Kier molecular flexibility index (Phi) is 19.3. The van der Waals surface area contributed by atoms with Crippen molar-refractivity contribution in [3.63, 3.8) is 0 Å². The molecule has 0 fully saturated rings. The zero-order chi connectivity index (χ0) is 55.1. The van der Waals surface area contributed by atoms with E-state index in [0.29, 0.717) is 44.5 Å². The van der Waals surface area contributed by atoms with E-state index in [-0.39, 0.29) is 48.7 Å². The van der Waals surface area contributed by atoms with E-state index in [1.807, 2.05) is 146 Å². The summed E-state index contributed by atoms with van der Waals surface area (Å²) >= 11 is 0. The molecule has 0 radical (unpaired) electrons. The summed E-state index contributed by atoms with van der Waals surface area (Å²) in [7, 11) is 0. The number of carbonyl (C=O) groups excluding carboxylic acids is 2. The molecule has 0 atom stereocenters. The lowest BCUT2D eigenvalue weighted by atomic mass is 9.90. The molecule has 0 bridgehead atoms. The molecule has 10 heteroatoms. The minimum atomic E-state index is -1.65. The van der Waals surface area contributed by atoms with Gasteiger partial charge in [0.2, 0.25) is 0 Å². The minimum Gasteiger partial charge on any atom is -0.461 e. The Bertz CT molecular complexity index is 3240. The summed E-state index contributed by atoms with van der Waals surface area (Å²) in [5.74, 6) is -1.98. The molecular weight excluding hydrogens is 981 g/mol. The van der Waals surface area contributed by atoms with Crippen LogP contribution in [0.4, 0.5) is 0 Å². The van der Waals surface area contributed by atoms with Gasteiger partial charge in [-0.2, -0.15) is 21.0 Å². The highest BCUT2D eigenvalue weighted by Gasteiger charge is 2.38. The molecule has 0 heterocycles. The molecule has 0 N–H and O–H groups in total. The number of ether oxygens (including phenoxy) is 4. The first-order valence-electron chi connectivity index (χ1n) is 25.3. The second kappa shape index (κ2) is 27.9. The van der Waals surface area contributed by atoms with Gasteiger partial charge in [-0.3, -0.25) is 0 Å². The lowest BCUT2D eigenvalue weighted by Crippen LogP contribution is -2.43. The Hall–Kier alpha value is -10.5. The maximum Gasteiger partial charge on any atom is 0.349 e. The van der Waals surface area contributed by atoms with Crippen molar-refractivity contribution >= 4 is 34.2 Å². The molecule has 8 aromatic rings. The predicted octanol–water partition coefficient (Wildman–Crippen LogP) is 13.2. The van der Waals surface area contributed by atoms with E-state index in [4.69, 9.17) is 18.9 Å². The first kappa shape index (κ1) is 54.8. The lowest BCUT2D eigenvalue weighted by Gasteiger charge is -2.32. The Morgan fingerprint density at radius 2 is 0.519 bits per heavy atom. The molecule has 0 aromatic heterocycles. The Morgan fingerprint density at radius 3 is 0.722 bits per heavy atom. The van der Waals surface area contributed by atoms with Crippen LogP contribution in [0, 0.1) is 50.7 Å². The van der Waals surface area contributed by atoms with Crippen LogP contribution in [0.1, 0.15) is 44.5 Å². The van der Waals surface area contributed by atoms with Gasteiger partial charge in [0.25, 0.3) is 0 Å². The van der Waals surface area contributed by atoms with Gasteiger partial charge in [-0.15, -0.1) is 0 Å². The van der Waals surface area contributed by atoms with E-state index in [1.165, 1.54) is 0 Å². The molecule has 0 saturated heterocycles. The van der Waals surface area contributed by atoms with Gasteiger partial charge < -0.3 is 18.9 Å². The summed E-state index contributed by atoms with van der Waals surface area (Å²) in [5.41, 5.74) is 5.59. The van der Waals surface area contributed by atoms with Crippen molar-refractivity contribution in [3.05, 3.63) is 309 Å². The Labute approximate surface area is 460 Å². The minimum absolute atomic E-state index is 0.264. The maximum atomic E-state index is 14.7. The van der Waals surface area contributed by atoms with E-state index < -0.39 is 30.6 Å². The van der Waals surface area contributed by atoms with Crippen LogP contribution in [0.3, 0.4) is 0 Å². The zero-order valence-electron chi connectivity index (χ0n) is 43.1. The van der Waals surface area contributed by atoms with Crippen LogP contribution in [-0.4, -0.2) is 51.6 Å². The van der Waals surface area contributed by atoms with E-state index in [0.717, 1.165) is 22.3 Å². The van der Waals surface area contributed by atoms with Crippen molar-refractivity contribution in [2.45, 2.75) is 0 Å². The van der Waals surface area contributed by atoms with Crippen LogP contribution < -0.4 is 0 Å². The highest BCUT2D eigenvalue weighted by molar-refractivity contribution is 6.06. The molecule has 10 nitrogen and oxygen atoms in total. The third kappa shape index (κ3) is 14.1. The monoisotopic (exact) mass is 1030 g/mol. The topological polar surface area (TPSA) is 166 Å². The molecule has 0 saturated carbocycles. The van der Waals surface area contributed by atoms with Crippen molar-refractivity contribution in [3.8, 4) is 24.3 Å². The van der Waals surface area contributed by atoms with Gasteiger partial charge in [-0.05, 0) is 44.5 Å². The van der Waals surface area contributed by atoms with Crippen molar-refractivity contribution in [1.82, 2.24) is 0 Å². The van der Waals surface area contributed by atoms with Crippen LogP contribution in [0.25, 0.3) is 22.3 Å². The van der Waals surface area contributed by atoms with Gasteiger partial charge >= 0.3 is 11.9 Å². The zero-order valence-corrected chi connectivity index (χ0v) is 43.1. The fraction of sp³-hybridized carbons (Fsp3) is 0.101. The maximum absolute atomic E-state index is 14.7. The molecule has 79 heavy (non-hydrogen) atoms. The number of benzene rings is 8. The molecular formula is C69H52N4O6. The number of esters is 2. The quantitative estimate of drug-likeness (QED) is 0.0362. The fourth-order valence-electron chi connectivity index (χ4n) is 9.08. The summed E-state index contributed by atoms with van der Waals surface area (Å²) in [4.78, 5) is 29.4. The SMILES string of the molecule is N#CC(COCC(COCC(C#N)=C(c1ccccc1)c1ccccc1)(COC(=O)C(C#N)=C(c1ccccc1)c1ccccc1)COC(=O)C(C#N)=C(c1ccccc1)c1ccccc1)=C(c1ccccc1)c1ccccc1. The number of hydrogen-bond donors (Lipinski definition) is 0. The average molecular weight is 1030 g/mol. The first-order chi connectivity index (χ1) is 38.9. The van der Waals surface area contributed by atoms with Crippen molar-refractivity contribution in [1.29, 1.82) is 21.0 Å². The van der Waals surface area contributed by atoms with Gasteiger partial charge in [0, 0.05) is 22.3 Å². The number of carbonyl (C=O) groups is 2.